The number of amides is 2. The van der Waals surface area contributed by atoms with Gasteiger partial charge in [0.05, 0.1) is 12.2 Å². The van der Waals surface area contributed by atoms with Gasteiger partial charge in [-0.05, 0) is 38.9 Å². The van der Waals surface area contributed by atoms with E-state index in [0.29, 0.717) is 17.8 Å². The van der Waals surface area contributed by atoms with Gasteiger partial charge < -0.3 is 14.7 Å². The highest BCUT2D eigenvalue weighted by Gasteiger charge is 2.26. The first kappa shape index (κ1) is 16.2. The SMILES string of the molecule is CCSC1CCC(NC(=O)N(C)Cc2c(C)noc2C)C1. The van der Waals surface area contributed by atoms with Crippen molar-refractivity contribution in [1.29, 1.82) is 0 Å². The minimum absolute atomic E-state index is 0.0119. The van der Waals surface area contributed by atoms with Crippen molar-refractivity contribution in [2.75, 3.05) is 12.8 Å². The van der Waals surface area contributed by atoms with Gasteiger partial charge in [-0.2, -0.15) is 11.8 Å². The fourth-order valence-electron chi connectivity index (χ4n) is 2.78. The van der Waals surface area contributed by atoms with E-state index >= 15 is 0 Å². The second-order valence-corrected chi connectivity index (χ2v) is 7.27. The van der Waals surface area contributed by atoms with Crippen LogP contribution in [0.3, 0.4) is 0 Å². The van der Waals surface area contributed by atoms with E-state index in [4.69, 9.17) is 4.52 Å². The number of rotatable bonds is 5. The van der Waals surface area contributed by atoms with Gasteiger partial charge in [-0.25, -0.2) is 4.79 Å². The number of hydrogen-bond donors (Lipinski definition) is 1. The fraction of sp³-hybridized carbons (Fsp3) is 0.733. The van der Waals surface area contributed by atoms with Crippen LogP contribution < -0.4 is 5.32 Å². The van der Waals surface area contributed by atoms with Gasteiger partial charge >= 0.3 is 6.03 Å². The Balaban J connectivity index is 1.83. The van der Waals surface area contributed by atoms with Crippen LogP contribution in [0.5, 0.6) is 0 Å². The van der Waals surface area contributed by atoms with Gasteiger partial charge in [-0.3, -0.25) is 0 Å². The highest BCUT2D eigenvalue weighted by atomic mass is 32.2. The molecule has 1 N–H and O–H groups in total. The third kappa shape index (κ3) is 4.15. The fourth-order valence-corrected chi connectivity index (χ4v) is 3.92. The van der Waals surface area contributed by atoms with Crippen LogP contribution in [-0.2, 0) is 6.54 Å². The van der Waals surface area contributed by atoms with Crippen molar-refractivity contribution in [3.8, 4) is 0 Å². The van der Waals surface area contributed by atoms with Crippen LogP contribution in [0.2, 0.25) is 0 Å². The van der Waals surface area contributed by atoms with Gasteiger partial charge in [0.15, 0.2) is 0 Å². The van der Waals surface area contributed by atoms with Gasteiger partial charge in [0, 0.05) is 23.9 Å². The molecule has 2 unspecified atom stereocenters. The number of carbonyl (C=O) groups excluding carboxylic acids is 1. The topological polar surface area (TPSA) is 58.4 Å². The number of nitrogens with one attached hydrogen (secondary N) is 1. The monoisotopic (exact) mass is 311 g/mol. The van der Waals surface area contributed by atoms with Crippen molar-refractivity contribution >= 4 is 17.8 Å². The van der Waals surface area contributed by atoms with Gasteiger partial charge in [-0.1, -0.05) is 12.1 Å². The number of urea groups is 1. The van der Waals surface area contributed by atoms with Crippen molar-refractivity contribution in [2.45, 2.75) is 57.9 Å². The Labute approximate surface area is 130 Å². The minimum Gasteiger partial charge on any atom is -0.361 e. The van der Waals surface area contributed by atoms with Crippen LogP contribution in [0.4, 0.5) is 4.79 Å². The molecule has 2 atom stereocenters. The first-order chi connectivity index (χ1) is 10.0. The highest BCUT2D eigenvalue weighted by molar-refractivity contribution is 7.99. The Morgan fingerprint density at radius 3 is 2.86 bits per heavy atom. The second kappa shape index (κ2) is 7.20. The number of aromatic nitrogens is 1. The number of nitrogens with zero attached hydrogens (tertiary/aromatic N) is 2. The molecule has 1 fully saturated rings. The molecule has 0 radical (unpaired) electrons. The average Bonchev–Trinajstić information content (AvgIpc) is 3.00. The summed E-state index contributed by atoms with van der Waals surface area (Å²) in [6.45, 7) is 6.51. The van der Waals surface area contributed by atoms with Crippen LogP contribution in [0.1, 0.15) is 43.2 Å². The lowest BCUT2D eigenvalue weighted by Gasteiger charge is -2.21. The van der Waals surface area contributed by atoms with Crippen LogP contribution in [0.25, 0.3) is 0 Å². The summed E-state index contributed by atoms with van der Waals surface area (Å²) in [5.74, 6) is 1.93. The summed E-state index contributed by atoms with van der Waals surface area (Å²) < 4.78 is 5.14. The molecule has 5 nitrogen and oxygen atoms in total. The van der Waals surface area contributed by atoms with Gasteiger partial charge in [0.25, 0.3) is 0 Å². The molecular weight excluding hydrogens is 286 g/mol. The number of hydrogen-bond acceptors (Lipinski definition) is 4. The Bertz CT molecular complexity index is 470. The molecular formula is C15H25N3O2S. The smallest absolute Gasteiger partial charge is 0.317 e. The Kier molecular flexibility index (Phi) is 5.56. The van der Waals surface area contributed by atoms with Crippen molar-refractivity contribution < 1.29 is 9.32 Å². The Morgan fingerprint density at radius 1 is 1.48 bits per heavy atom. The van der Waals surface area contributed by atoms with Gasteiger partial charge in [0.2, 0.25) is 0 Å². The molecule has 2 amide bonds. The predicted molar refractivity (Wildman–Crippen MR) is 85.5 cm³/mol. The van der Waals surface area contributed by atoms with Crippen molar-refractivity contribution in [1.82, 2.24) is 15.4 Å². The van der Waals surface area contributed by atoms with E-state index in [2.05, 4.69) is 17.4 Å². The van der Waals surface area contributed by atoms with E-state index in [1.807, 2.05) is 32.7 Å². The largest absolute Gasteiger partial charge is 0.361 e. The van der Waals surface area contributed by atoms with Crippen LogP contribution in [0, 0.1) is 13.8 Å². The summed E-state index contributed by atoms with van der Waals surface area (Å²) >= 11 is 2.00. The van der Waals surface area contributed by atoms with Crippen molar-refractivity contribution in [2.24, 2.45) is 0 Å². The number of carbonyl (C=O) groups is 1. The lowest BCUT2D eigenvalue weighted by Crippen LogP contribution is -2.42. The molecule has 6 heteroatoms. The number of thioether (sulfide) groups is 1. The standard InChI is InChI=1S/C15H25N3O2S/c1-5-21-13-7-6-12(8-13)16-15(19)18(4)9-14-10(2)17-20-11(14)3/h12-13H,5-9H2,1-4H3,(H,16,19). The van der Waals surface area contributed by atoms with Crippen molar-refractivity contribution in [3.63, 3.8) is 0 Å². The zero-order chi connectivity index (χ0) is 15.4. The van der Waals surface area contributed by atoms with E-state index in [-0.39, 0.29) is 6.03 Å². The Morgan fingerprint density at radius 2 is 2.24 bits per heavy atom. The molecule has 1 aromatic heterocycles. The van der Waals surface area contributed by atoms with Gasteiger partial charge in [0.1, 0.15) is 5.76 Å². The molecule has 1 heterocycles. The average molecular weight is 311 g/mol. The molecule has 2 rings (SSSR count). The molecule has 1 aliphatic rings. The van der Waals surface area contributed by atoms with E-state index in [1.165, 1.54) is 6.42 Å². The first-order valence-corrected chi connectivity index (χ1v) is 8.61. The summed E-state index contributed by atoms with van der Waals surface area (Å²) in [6.07, 6.45) is 3.38. The zero-order valence-electron chi connectivity index (χ0n) is 13.3. The molecule has 21 heavy (non-hydrogen) atoms. The quantitative estimate of drug-likeness (QED) is 0.908. The molecule has 0 aromatic carbocycles. The molecule has 1 saturated carbocycles. The maximum atomic E-state index is 12.3. The van der Waals surface area contributed by atoms with Crippen LogP contribution in [-0.4, -0.2) is 40.2 Å². The van der Waals surface area contributed by atoms with Crippen molar-refractivity contribution in [3.05, 3.63) is 17.0 Å². The lowest BCUT2D eigenvalue weighted by atomic mass is 10.2. The normalized spacial score (nSPS) is 21.5. The van der Waals surface area contributed by atoms with E-state index < -0.39 is 0 Å². The number of aryl methyl sites for hydroxylation is 2. The van der Waals surface area contributed by atoms with Crippen LogP contribution in [0.15, 0.2) is 4.52 Å². The maximum Gasteiger partial charge on any atom is 0.317 e. The molecule has 0 saturated heterocycles. The second-order valence-electron chi connectivity index (χ2n) is 5.70. The predicted octanol–water partition coefficient (Wildman–Crippen LogP) is 3.11. The summed E-state index contributed by atoms with van der Waals surface area (Å²) in [5.41, 5.74) is 1.85. The lowest BCUT2D eigenvalue weighted by molar-refractivity contribution is 0.202. The molecule has 1 aliphatic carbocycles. The third-order valence-corrected chi connectivity index (χ3v) is 5.27. The van der Waals surface area contributed by atoms with Crippen LogP contribution >= 0.6 is 11.8 Å². The Hall–Kier alpha value is -1.17. The minimum atomic E-state index is -0.0119. The van der Waals surface area contributed by atoms with Gasteiger partial charge in [-0.15, -0.1) is 0 Å². The molecule has 1 aromatic rings. The molecule has 0 bridgehead atoms. The molecule has 0 spiro atoms. The maximum absolute atomic E-state index is 12.3. The molecule has 0 aliphatic heterocycles. The summed E-state index contributed by atoms with van der Waals surface area (Å²) in [7, 11) is 1.81. The summed E-state index contributed by atoms with van der Waals surface area (Å²) in [4.78, 5) is 14.0. The third-order valence-electron chi connectivity index (χ3n) is 4.04. The van der Waals surface area contributed by atoms with E-state index in [0.717, 1.165) is 35.6 Å². The van der Waals surface area contributed by atoms with E-state index in [9.17, 15) is 4.79 Å². The summed E-state index contributed by atoms with van der Waals surface area (Å²) in [5, 5.41) is 7.77. The zero-order valence-corrected chi connectivity index (χ0v) is 14.1. The first-order valence-electron chi connectivity index (χ1n) is 7.56. The van der Waals surface area contributed by atoms with E-state index in [1.54, 1.807) is 4.90 Å². The molecule has 118 valence electrons. The summed E-state index contributed by atoms with van der Waals surface area (Å²) in [6, 6.07) is 0.302. The highest BCUT2D eigenvalue weighted by Crippen LogP contribution is 2.29.